The predicted octanol–water partition coefficient (Wildman–Crippen LogP) is 20.4. The van der Waals surface area contributed by atoms with Crippen LogP contribution in [0, 0.1) is 13.8 Å². The highest BCUT2D eigenvalue weighted by molar-refractivity contribution is 7.00. The highest BCUT2D eigenvalue weighted by Gasteiger charge is 2.51. The molecule has 0 aromatic heterocycles. The summed E-state index contributed by atoms with van der Waals surface area (Å²) in [6, 6.07) is 56.3. The number of hydrogen-bond acceptors (Lipinski definition) is 3. The van der Waals surface area contributed by atoms with Crippen molar-refractivity contribution in [2.24, 2.45) is 0 Å². The van der Waals surface area contributed by atoms with Crippen LogP contribution < -0.4 is 31.1 Å². The van der Waals surface area contributed by atoms with E-state index in [0.717, 1.165) is 23.5 Å². The first-order valence-electron chi connectivity index (χ1n) is 31.6. The van der Waals surface area contributed by atoms with E-state index in [4.69, 9.17) is 0 Å². The van der Waals surface area contributed by atoms with E-state index in [1.807, 2.05) is 0 Å². The molecule has 0 amide bonds. The summed E-state index contributed by atoms with van der Waals surface area (Å²) in [4.78, 5) is 8.01. The van der Waals surface area contributed by atoms with Gasteiger partial charge in [-0.15, -0.1) is 0 Å². The molecule has 0 saturated heterocycles. The molecular weight excluding hydrogens is 1010 g/mol. The minimum absolute atomic E-state index is 0.00132. The molecule has 13 rings (SSSR count). The van der Waals surface area contributed by atoms with E-state index in [0.29, 0.717) is 0 Å². The van der Waals surface area contributed by atoms with Crippen LogP contribution in [-0.2, 0) is 43.3 Å². The van der Waals surface area contributed by atoms with Crippen molar-refractivity contribution >= 4 is 74.3 Å². The van der Waals surface area contributed by atoms with Crippen LogP contribution in [0.3, 0.4) is 0 Å². The Morgan fingerprint density at radius 3 is 1.46 bits per heavy atom. The summed E-state index contributed by atoms with van der Waals surface area (Å²) in [5.41, 5.74) is 33.2. The summed E-state index contributed by atoms with van der Waals surface area (Å²) in [6.45, 7) is 50.6. The zero-order valence-corrected chi connectivity index (χ0v) is 54.8. The maximum absolute atomic E-state index is 2.75. The SMILES string of the molecule is Cc1cc2c3c(c1)N(c1ccc(C(C)(C)C)c4c1C(C)(C)c1ccccc1-4)c1cc(N(c4ccc(C(C)(C)C)cc4)c4ccc(C(C)(C)C)cc4)ccc1B3c1cc3c(cc1N2c1cc2c(cc1C)C(C)(C)CCC2(C)C)C(C)(C)CC3(C)C. The van der Waals surface area contributed by atoms with Crippen molar-refractivity contribution in [3.05, 3.63) is 201 Å². The minimum Gasteiger partial charge on any atom is -0.311 e. The van der Waals surface area contributed by atoms with E-state index in [2.05, 4.69) is 300 Å². The normalized spacial score (nSPS) is 18.1. The maximum Gasteiger partial charge on any atom is 0.252 e. The van der Waals surface area contributed by atoms with Crippen LogP contribution in [0.25, 0.3) is 11.1 Å². The van der Waals surface area contributed by atoms with Crippen molar-refractivity contribution < 1.29 is 0 Å². The minimum atomic E-state index is -0.297. The van der Waals surface area contributed by atoms with E-state index in [9.17, 15) is 0 Å². The lowest BCUT2D eigenvalue weighted by Gasteiger charge is -2.47. The largest absolute Gasteiger partial charge is 0.311 e. The molecule has 0 N–H and O–H groups in total. The van der Waals surface area contributed by atoms with Gasteiger partial charge in [0.15, 0.2) is 0 Å². The Hall–Kier alpha value is -6.78. The van der Waals surface area contributed by atoms with Crippen LogP contribution in [0.1, 0.15) is 212 Å². The lowest BCUT2D eigenvalue weighted by molar-refractivity contribution is 0.332. The molecule has 0 atom stereocenters. The second-order valence-electron chi connectivity index (χ2n) is 32.6. The van der Waals surface area contributed by atoms with Gasteiger partial charge in [-0.1, -0.05) is 204 Å². The van der Waals surface area contributed by atoms with Crippen LogP contribution >= 0.6 is 0 Å². The van der Waals surface area contributed by atoms with Crippen LogP contribution in [-0.4, -0.2) is 6.71 Å². The molecule has 84 heavy (non-hydrogen) atoms. The fourth-order valence-corrected chi connectivity index (χ4v) is 16.6. The molecule has 0 spiro atoms. The standard InChI is InChI=1S/C80H92BN3/c1-48-40-68-72-69(41-48)84(65-45-60-58(42-49(65)2)76(12,13)38-39-77(60,14)15)67-46-61-59(78(16,17)47-79(61,18)19)44-63(67)81(72)62-36-34-54(82(52-30-26-50(27-31-52)73(3,4)5)53-32-28-51(29-33-53)74(6,7)8)43-66(62)83(68)64-37-35-57(75(9,10)11)70-55-24-22-23-25-56(55)80(20,21)71(64)70/h22-37,40-46H,38-39,47H2,1-21H3. The number of fused-ring (bicyclic) bond motifs is 9. The van der Waals surface area contributed by atoms with Crippen molar-refractivity contribution in [1.29, 1.82) is 0 Å². The molecule has 0 fully saturated rings. The molecule has 3 aliphatic carbocycles. The molecule has 8 aromatic carbocycles. The van der Waals surface area contributed by atoms with E-state index >= 15 is 0 Å². The summed E-state index contributed by atoms with van der Waals surface area (Å²) in [5, 5.41) is 0. The van der Waals surface area contributed by atoms with Gasteiger partial charge in [-0.2, -0.15) is 0 Å². The van der Waals surface area contributed by atoms with Gasteiger partial charge in [0.05, 0.1) is 5.69 Å². The molecule has 5 aliphatic rings. The quantitative estimate of drug-likeness (QED) is 0.159. The van der Waals surface area contributed by atoms with E-state index in [1.54, 1.807) is 0 Å². The van der Waals surface area contributed by atoms with Crippen LogP contribution in [0.4, 0.5) is 51.2 Å². The smallest absolute Gasteiger partial charge is 0.252 e. The lowest BCUT2D eigenvalue weighted by atomic mass is 9.33. The van der Waals surface area contributed by atoms with Gasteiger partial charge in [-0.05, 0) is 226 Å². The Morgan fingerprint density at radius 2 is 0.905 bits per heavy atom. The third-order valence-corrected chi connectivity index (χ3v) is 21.1. The fraction of sp³-hybridized carbons (Fsp3) is 0.400. The zero-order chi connectivity index (χ0) is 60.1. The fourth-order valence-electron chi connectivity index (χ4n) is 16.6. The first-order chi connectivity index (χ1) is 39.1. The number of hydrogen-bond donors (Lipinski definition) is 0. The van der Waals surface area contributed by atoms with Crippen LogP contribution in [0.5, 0.6) is 0 Å². The van der Waals surface area contributed by atoms with Gasteiger partial charge < -0.3 is 14.7 Å². The van der Waals surface area contributed by atoms with Crippen molar-refractivity contribution in [1.82, 2.24) is 0 Å². The van der Waals surface area contributed by atoms with Crippen molar-refractivity contribution in [2.75, 3.05) is 14.7 Å². The molecule has 0 bridgehead atoms. The highest BCUT2D eigenvalue weighted by Crippen LogP contribution is 2.60. The van der Waals surface area contributed by atoms with Crippen molar-refractivity contribution in [3.63, 3.8) is 0 Å². The molecule has 2 aliphatic heterocycles. The number of benzene rings is 8. The van der Waals surface area contributed by atoms with E-state index in [1.165, 1.54) is 136 Å². The maximum atomic E-state index is 2.75. The molecule has 0 radical (unpaired) electrons. The van der Waals surface area contributed by atoms with Gasteiger partial charge in [0.25, 0.3) is 6.71 Å². The second-order valence-corrected chi connectivity index (χ2v) is 32.6. The number of nitrogens with zero attached hydrogens (tertiary/aromatic N) is 3. The summed E-state index contributed by atoms with van der Waals surface area (Å²) in [5.74, 6) is 0. The van der Waals surface area contributed by atoms with Crippen LogP contribution in [0.15, 0.2) is 140 Å². The first kappa shape index (κ1) is 56.4. The Balaban J connectivity index is 1.15. The lowest BCUT2D eigenvalue weighted by Crippen LogP contribution is -2.61. The van der Waals surface area contributed by atoms with Gasteiger partial charge in [-0.25, -0.2) is 0 Å². The molecule has 2 heterocycles. The predicted molar refractivity (Wildman–Crippen MR) is 364 cm³/mol. The Labute approximate surface area is 506 Å². The summed E-state index contributed by atoms with van der Waals surface area (Å²) >= 11 is 0. The van der Waals surface area contributed by atoms with Gasteiger partial charge in [0.1, 0.15) is 0 Å². The average Bonchev–Trinajstić information content (AvgIpc) is 1.16. The molecule has 0 unspecified atom stereocenters. The van der Waals surface area contributed by atoms with E-state index in [-0.39, 0.29) is 50.0 Å². The van der Waals surface area contributed by atoms with Gasteiger partial charge >= 0.3 is 0 Å². The number of anilines is 9. The van der Waals surface area contributed by atoms with Gasteiger partial charge in [0.2, 0.25) is 0 Å². The van der Waals surface area contributed by atoms with Gasteiger partial charge in [0, 0.05) is 50.9 Å². The molecule has 3 nitrogen and oxygen atoms in total. The Morgan fingerprint density at radius 1 is 0.417 bits per heavy atom. The van der Waals surface area contributed by atoms with E-state index < -0.39 is 0 Å². The molecule has 8 aromatic rings. The topological polar surface area (TPSA) is 9.72 Å². The second kappa shape index (κ2) is 18.1. The Bertz CT molecular complexity index is 3990. The molecule has 430 valence electrons. The number of aryl methyl sites for hydroxylation is 2. The third-order valence-electron chi connectivity index (χ3n) is 21.1. The number of rotatable bonds is 5. The molecule has 0 saturated carbocycles. The van der Waals surface area contributed by atoms with Crippen molar-refractivity contribution in [3.8, 4) is 11.1 Å². The highest BCUT2D eigenvalue weighted by atomic mass is 15.2. The Kier molecular flexibility index (Phi) is 12.2. The summed E-state index contributed by atoms with van der Waals surface area (Å²) < 4.78 is 0. The van der Waals surface area contributed by atoms with Gasteiger partial charge in [-0.3, -0.25) is 0 Å². The van der Waals surface area contributed by atoms with Crippen LogP contribution in [0.2, 0.25) is 0 Å². The molecule has 4 heteroatoms. The summed E-state index contributed by atoms with van der Waals surface area (Å²) in [7, 11) is 0. The third kappa shape index (κ3) is 8.47. The first-order valence-corrected chi connectivity index (χ1v) is 31.6. The molecular formula is C80H92BN3. The average molecular weight is 1110 g/mol. The summed E-state index contributed by atoms with van der Waals surface area (Å²) in [6.07, 6.45) is 3.46. The monoisotopic (exact) mass is 1110 g/mol. The zero-order valence-electron chi connectivity index (χ0n) is 54.8. The van der Waals surface area contributed by atoms with Crippen molar-refractivity contribution in [2.45, 2.75) is 208 Å².